The van der Waals surface area contributed by atoms with Gasteiger partial charge in [0.15, 0.2) is 18.1 Å². The SMILES string of the molecule is CCN1CCN(C(=S)c2ccc(OCC(=O)Nc3ccc(Br)cc3F)c(OC)c2)CC1. The second-order valence-electron chi connectivity index (χ2n) is 7.05. The molecule has 1 saturated heterocycles. The van der Waals surface area contributed by atoms with Gasteiger partial charge in [0.05, 0.1) is 12.8 Å². The summed E-state index contributed by atoms with van der Waals surface area (Å²) in [5.74, 6) is -0.111. The molecule has 31 heavy (non-hydrogen) atoms. The molecule has 0 aromatic heterocycles. The quantitative estimate of drug-likeness (QED) is 0.570. The molecule has 0 radical (unpaired) electrons. The molecule has 1 heterocycles. The van der Waals surface area contributed by atoms with Crippen molar-refractivity contribution in [2.75, 3.05) is 51.8 Å². The van der Waals surface area contributed by atoms with Crippen LogP contribution >= 0.6 is 28.1 Å². The van der Waals surface area contributed by atoms with Gasteiger partial charge in [0.2, 0.25) is 0 Å². The number of benzene rings is 2. The summed E-state index contributed by atoms with van der Waals surface area (Å²) in [5, 5.41) is 2.49. The average molecular weight is 510 g/mol. The Morgan fingerprint density at radius 2 is 1.90 bits per heavy atom. The Hall–Kier alpha value is -2.23. The number of thiocarbonyl (C=S) groups is 1. The number of ether oxygens (including phenoxy) is 2. The summed E-state index contributed by atoms with van der Waals surface area (Å²) in [5.41, 5.74) is 0.957. The first-order valence-corrected chi connectivity index (χ1v) is 11.2. The lowest BCUT2D eigenvalue weighted by molar-refractivity contribution is -0.118. The van der Waals surface area contributed by atoms with E-state index in [0.717, 1.165) is 43.3 Å². The molecule has 1 amide bonds. The highest BCUT2D eigenvalue weighted by molar-refractivity contribution is 9.10. The first-order valence-electron chi connectivity index (χ1n) is 9.98. The zero-order chi connectivity index (χ0) is 22.4. The standard InChI is InChI=1S/C22H25BrFN3O3S/c1-3-26-8-10-27(11-9-26)22(31)15-4-7-19(20(12-15)29-2)30-14-21(28)25-18-6-5-16(23)13-17(18)24/h4-7,12-13H,3,8-11,14H2,1-2H3,(H,25,28). The van der Waals surface area contributed by atoms with E-state index in [0.29, 0.717) is 16.0 Å². The molecule has 0 spiro atoms. The summed E-state index contributed by atoms with van der Waals surface area (Å²) in [6.45, 7) is 6.68. The number of halogens is 2. The Balaban J connectivity index is 1.60. The number of rotatable bonds is 7. The van der Waals surface area contributed by atoms with Crippen molar-refractivity contribution in [1.82, 2.24) is 9.80 Å². The number of nitrogens with zero attached hydrogens (tertiary/aromatic N) is 2. The summed E-state index contributed by atoms with van der Waals surface area (Å²) < 4.78 is 25.5. The van der Waals surface area contributed by atoms with Crippen molar-refractivity contribution < 1.29 is 18.7 Å². The number of carbonyl (C=O) groups is 1. The highest BCUT2D eigenvalue weighted by atomic mass is 79.9. The van der Waals surface area contributed by atoms with Crippen LogP contribution in [0, 0.1) is 5.82 Å². The van der Waals surface area contributed by atoms with Crippen molar-refractivity contribution in [2.45, 2.75) is 6.92 Å². The largest absolute Gasteiger partial charge is 0.493 e. The van der Waals surface area contributed by atoms with Gasteiger partial charge in [0, 0.05) is 36.2 Å². The zero-order valence-corrected chi connectivity index (χ0v) is 19.9. The molecule has 0 atom stereocenters. The smallest absolute Gasteiger partial charge is 0.262 e. The van der Waals surface area contributed by atoms with Gasteiger partial charge >= 0.3 is 0 Å². The topological polar surface area (TPSA) is 54.0 Å². The van der Waals surface area contributed by atoms with Crippen LogP contribution in [0.5, 0.6) is 11.5 Å². The lowest BCUT2D eigenvalue weighted by Gasteiger charge is -2.35. The number of anilines is 1. The first kappa shape index (κ1) is 23.4. The van der Waals surface area contributed by atoms with Gasteiger partial charge in [-0.05, 0) is 42.9 Å². The molecule has 0 saturated carbocycles. The molecule has 166 valence electrons. The van der Waals surface area contributed by atoms with Gasteiger partial charge < -0.3 is 24.6 Å². The lowest BCUT2D eigenvalue weighted by Crippen LogP contribution is -2.48. The first-order chi connectivity index (χ1) is 14.9. The van der Waals surface area contributed by atoms with E-state index in [1.54, 1.807) is 12.1 Å². The van der Waals surface area contributed by atoms with Gasteiger partial charge in [-0.25, -0.2) is 4.39 Å². The molecule has 1 aliphatic heterocycles. The predicted molar refractivity (Wildman–Crippen MR) is 127 cm³/mol. The molecule has 1 aliphatic rings. The summed E-state index contributed by atoms with van der Waals surface area (Å²) in [6, 6.07) is 9.81. The van der Waals surface area contributed by atoms with Crippen LogP contribution < -0.4 is 14.8 Å². The third kappa shape index (κ3) is 6.15. The number of amides is 1. The highest BCUT2D eigenvalue weighted by Crippen LogP contribution is 2.29. The van der Waals surface area contributed by atoms with E-state index in [2.05, 4.69) is 38.0 Å². The maximum Gasteiger partial charge on any atom is 0.262 e. The van der Waals surface area contributed by atoms with Crippen LogP contribution in [-0.4, -0.2) is 67.1 Å². The molecule has 2 aromatic rings. The number of piperazine rings is 1. The molecule has 2 aromatic carbocycles. The maximum absolute atomic E-state index is 13.9. The second-order valence-corrected chi connectivity index (χ2v) is 8.36. The van der Waals surface area contributed by atoms with E-state index >= 15 is 0 Å². The van der Waals surface area contributed by atoms with E-state index in [1.165, 1.54) is 19.2 Å². The average Bonchev–Trinajstić information content (AvgIpc) is 2.79. The molecule has 0 unspecified atom stereocenters. The Morgan fingerprint density at radius 3 is 2.55 bits per heavy atom. The molecule has 0 bridgehead atoms. The van der Waals surface area contributed by atoms with Crippen molar-refractivity contribution in [2.24, 2.45) is 0 Å². The number of methoxy groups -OCH3 is 1. The summed E-state index contributed by atoms with van der Waals surface area (Å²) >= 11 is 8.86. The summed E-state index contributed by atoms with van der Waals surface area (Å²) in [6.07, 6.45) is 0. The fraction of sp³-hybridized carbons (Fsp3) is 0.364. The van der Waals surface area contributed by atoms with Gasteiger partial charge in [-0.3, -0.25) is 4.79 Å². The Bertz CT molecular complexity index is 952. The van der Waals surface area contributed by atoms with E-state index in [1.807, 2.05) is 12.1 Å². The minimum atomic E-state index is -0.530. The Labute approximate surface area is 195 Å². The fourth-order valence-electron chi connectivity index (χ4n) is 3.29. The van der Waals surface area contributed by atoms with Crippen molar-refractivity contribution in [3.05, 3.63) is 52.3 Å². The number of likely N-dealkylation sites (N-methyl/N-ethyl adjacent to an activating group) is 1. The number of nitrogens with one attached hydrogen (secondary N) is 1. The predicted octanol–water partition coefficient (Wildman–Crippen LogP) is 3.93. The molecule has 0 aliphatic carbocycles. The van der Waals surface area contributed by atoms with E-state index in [4.69, 9.17) is 21.7 Å². The minimum absolute atomic E-state index is 0.0904. The lowest BCUT2D eigenvalue weighted by atomic mass is 10.1. The monoisotopic (exact) mass is 509 g/mol. The number of hydrogen-bond donors (Lipinski definition) is 1. The Morgan fingerprint density at radius 1 is 1.16 bits per heavy atom. The number of hydrogen-bond acceptors (Lipinski definition) is 5. The van der Waals surface area contributed by atoms with Crippen molar-refractivity contribution in [3.63, 3.8) is 0 Å². The molecule has 3 rings (SSSR count). The normalized spacial score (nSPS) is 14.3. The maximum atomic E-state index is 13.9. The third-order valence-electron chi connectivity index (χ3n) is 5.08. The van der Waals surface area contributed by atoms with Gasteiger partial charge in [-0.1, -0.05) is 35.1 Å². The van der Waals surface area contributed by atoms with Crippen LogP contribution in [0.2, 0.25) is 0 Å². The minimum Gasteiger partial charge on any atom is -0.493 e. The highest BCUT2D eigenvalue weighted by Gasteiger charge is 2.20. The van der Waals surface area contributed by atoms with Crippen LogP contribution in [0.1, 0.15) is 12.5 Å². The number of carbonyl (C=O) groups excluding carboxylic acids is 1. The van der Waals surface area contributed by atoms with Gasteiger partial charge in [-0.15, -0.1) is 0 Å². The van der Waals surface area contributed by atoms with Crippen molar-refractivity contribution >= 4 is 44.7 Å². The molecule has 1 fully saturated rings. The van der Waals surface area contributed by atoms with E-state index in [9.17, 15) is 9.18 Å². The van der Waals surface area contributed by atoms with E-state index < -0.39 is 11.7 Å². The van der Waals surface area contributed by atoms with Crippen LogP contribution in [0.4, 0.5) is 10.1 Å². The van der Waals surface area contributed by atoms with Crippen LogP contribution in [-0.2, 0) is 4.79 Å². The molecule has 1 N–H and O–H groups in total. The van der Waals surface area contributed by atoms with Crippen LogP contribution in [0.3, 0.4) is 0 Å². The second kappa shape index (κ2) is 10.9. The molecular formula is C22H25BrFN3O3S. The Kier molecular flexibility index (Phi) is 8.22. The van der Waals surface area contributed by atoms with Crippen LogP contribution in [0.25, 0.3) is 0 Å². The summed E-state index contributed by atoms with van der Waals surface area (Å²) in [7, 11) is 1.53. The van der Waals surface area contributed by atoms with Gasteiger partial charge in [-0.2, -0.15) is 0 Å². The van der Waals surface area contributed by atoms with Gasteiger partial charge in [0.25, 0.3) is 5.91 Å². The van der Waals surface area contributed by atoms with Crippen LogP contribution in [0.15, 0.2) is 40.9 Å². The zero-order valence-electron chi connectivity index (χ0n) is 17.5. The van der Waals surface area contributed by atoms with Gasteiger partial charge in [0.1, 0.15) is 10.8 Å². The summed E-state index contributed by atoms with van der Waals surface area (Å²) in [4.78, 5) is 17.5. The fourth-order valence-corrected chi connectivity index (χ4v) is 3.93. The molecule has 9 heteroatoms. The third-order valence-corrected chi connectivity index (χ3v) is 6.07. The van der Waals surface area contributed by atoms with Crippen molar-refractivity contribution in [3.8, 4) is 11.5 Å². The van der Waals surface area contributed by atoms with Crippen molar-refractivity contribution in [1.29, 1.82) is 0 Å². The molecular weight excluding hydrogens is 485 g/mol. The van der Waals surface area contributed by atoms with E-state index in [-0.39, 0.29) is 12.3 Å². The molecule has 6 nitrogen and oxygen atoms in total.